The molecule has 1 fully saturated rings. The second-order valence-corrected chi connectivity index (χ2v) is 7.45. The summed E-state index contributed by atoms with van der Waals surface area (Å²) >= 11 is 0. The fourth-order valence-electron chi connectivity index (χ4n) is 4.03. The molecule has 5 nitrogen and oxygen atoms in total. The smallest absolute Gasteiger partial charge is 0.245 e. The maximum Gasteiger partial charge on any atom is 0.245 e. The summed E-state index contributed by atoms with van der Waals surface area (Å²) < 4.78 is 2.13. The van der Waals surface area contributed by atoms with Gasteiger partial charge < -0.3 is 4.90 Å². The zero-order chi connectivity index (χ0) is 17.2. The van der Waals surface area contributed by atoms with Gasteiger partial charge in [0.1, 0.15) is 11.9 Å². The van der Waals surface area contributed by atoms with Crippen molar-refractivity contribution in [2.75, 3.05) is 13.1 Å². The van der Waals surface area contributed by atoms with Crippen LogP contribution in [-0.4, -0.2) is 38.7 Å². The van der Waals surface area contributed by atoms with Gasteiger partial charge in [0.25, 0.3) is 0 Å². The summed E-state index contributed by atoms with van der Waals surface area (Å²) in [5.41, 5.74) is 1.04. The Labute approximate surface area is 149 Å². The number of rotatable bonds is 2. The number of carbonyl (C=O) groups is 1. The van der Waals surface area contributed by atoms with Crippen LogP contribution in [0.15, 0.2) is 30.3 Å². The molecule has 1 saturated heterocycles. The molecule has 0 N–H and O–H groups in total. The Hall–Kier alpha value is -2.17. The number of hydrogen-bond acceptors (Lipinski definition) is 3. The normalized spacial score (nSPS) is 21.6. The molecule has 5 heteroatoms. The van der Waals surface area contributed by atoms with Crippen molar-refractivity contribution in [3.63, 3.8) is 0 Å². The summed E-state index contributed by atoms with van der Waals surface area (Å²) in [4.78, 5) is 15.4. The molecule has 3 heterocycles. The minimum absolute atomic E-state index is 0.156. The van der Waals surface area contributed by atoms with E-state index in [2.05, 4.69) is 26.6 Å². The van der Waals surface area contributed by atoms with E-state index in [1.807, 2.05) is 30.3 Å². The standard InChI is InChI=1S/C20H26N4O/c1-15-11-13-23(14-12-15)20(25)17-9-5-6-10-18-21-22-19(24(17)18)16-7-3-2-4-8-16/h2-4,7-8,15,17H,5-6,9-14H2,1H3/t17-/m0/s1. The number of nitrogens with zero attached hydrogens (tertiary/aromatic N) is 4. The zero-order valence-electron chi connectivity index (χ0n) is 14.9. The minimum atomic E-state index is -0.156. The summed E-state index contributed by atoms with van der Waals surface area (Å²) in [6.07, 6.45) is 6.15. The monoisotopic (exact) mass is 338 g/mol. The van der Waals surface area contributed by atoms with Crippen LogP contribution in [0.5, 0.6) is 0 Å². The first-order valence-electron chi connectivity index (χ1n) is 9.52. The average Bonchev–Trinajstić information content (AvgIpc) is 2.95. The van der Waals surface area contributed by atoms with Crippen molar-refractivity contribution < 1.29 is 4.79 Å². The van der Waals surface area contributed by atoms with Crippen molar-refractivity contribution in [1.29, 1.82) is 0 Å². The van der Waals surface area contributed by atoms with E-state index < -0.39 is 0 Å². The van der Waals surface area contributed by atoms with Crippen molar-refractivity contribution >= 4 is 5.91 Å². The lowest BCUT2D eigenvalue weighted by atomic mass is 9.98. The molecule has 1 atom stereocenters. The first-order valence-corrected chi connectivity index (χ1v) is 9.52. The van der Waals surface area contributed by atoms with Gasteiger partial charge in [-0.05, 0) is 31.6 Å². The quantitative estimate of drug-likeness (QED) is 0.842. The predicted octanol–water partition coefficient (Wildman–Crippen LogP) is 3.47. The second kappa shape index (κ2) is 6.98. The van der Waals surface area contributed by atoms with Gasteiger partial charge in [-0.15, -0.1) is 10.2 Å². The van der Waals surface area contributed by atoms with E-state index in [1.54, 1.807) is 0 Å². The van der Waals surface area contributed by atoms with Gasteiger partial charge in [0, 0.05) is 25.1 Å². The molecule has 1 aromatic carbocycles. The van der Waals surface area contributed by atoms with E-state index in [0.29, 0.717) is 0 Å². The zero-order valence-corrected chi connectivity index (χ0v) is 14.9. The Bertz CT molecular complexity index is 731. The van der Waals surface area contributed by atoms with Crippen molar-refractivity contribution in [3.8, 4) is 11.4 Å². The molecule has 0 unspecified atom stereocenters. The van der Waals surface area contributed by atoms with Gasteiger partial charge in [-0.3, -0.25) is 9.36 Å². The van der Waals surface area contributed by atoms with Crippen molar-refractivity contribution in [2.24, 2.45) is 5.92 Å². The maximum absolute atomic E-state index is 13.3. The summed E-state index contributed by atoms with van der Waals surface area (Å²) in [5, 5.41) is 8.87. The lowest BCUT2D eigenvalue weighted by Gasteiger charge is -2.33. The number of likely N-dealkylation sites (tertiary alicyclic amines) is 1. The van der Waals surface area contributed by atoms with Gasteiger partial charge in [-0.1, -0.05) is 43.7 Å². The molecule has 0 spiro atoms. The number of hydrogen-bond donors (Lipinski definition) is 0. The van der Waals surface area contributed by atoms with Crippen LogP contribution in [0.25, 0.3) is 11.4 Å². The fraction of sp³-hybridized carbons (Fsp3) is 0.550. The molecule has 1 aromatic heterocycles. The number of aromatic nitrogens is 3. The molecule has 0 aliphatic carbocycles. The van der Waals surface area contributed by atoms with Crippen molar-refractivity contribution in [1.82, 2.24) is 19.7 Å². The number of carbonyl (C=O) groups excluding carboxylic acids is 1. The predicted molar refractivity (Wildman–Crippen MR) is 97.0 cm³/mol. The van der Waals surface area contributed by atoms with E-state index in [1.165, 1.54) is 0 Å². The van der Waals surface area contributed by atoms with Gasteiger partial charge in [-0.25, -0.2) is 0 Å². The third kappa shape index (κ3) is 3.20. The average molecular weight is 338 g/mol. The van der Waals surface area contributed by atoms with E-state index in [-0.39, 0.29) is 11.9 Å². The molecule has 25 heavy (non-hydrogen) atoms. The van der Waals surface area contributed by atoms with Gasteiger partial charge >= 0.3 is 0 Å². The van der Waals surface area contributed by atoms with Crippen LogP contribution in [0.1, 0.15) is 50.9 Å². The highest BCUT2D eigenvalue weighted by Crippen LogP contribution is 2.31. The van der Waals surface area contributed by atoms with Crippen LogP contribution >= 0.6 is 0 Å². The van der Waals surface area contributed by atoms with Crippen LogP contribution in [0.4, 0.5) is 0 Å². The Morgan fingerprint density at radius 1 is 1.04 bits per heavy atom. The van der Waals surface area contributed by atoms with Gasteiger partial charge in [0.05, 0.1) is 0 Å². The van der Waals surface area contributed by atoms with Crippen LogP contribution in [0.3, 0.4) is 0 Å². The molecule has 2 aliphatic heterocycles. The number of benzene rings is 1. The summed E-state index contributed by atoms with van der Waals surface area (Å²) in [6, 6.07) is 9.96. The van der Waals surface area contributed by atoms with Crippen LogP contribution in [0, 0.1) is 5.92 Å². The fourth-order valence-corrected chi connectivity index (χ4v) is 4.03. The minimum Gasteiger partial charge on any atom is -0.341 e. The molecule has 0 radical (unpaired) electrons. The van der Waals surface area contributed by atoms with E-state index >= 15 is 0 Å². The molecule has 4 rings (SSSR count). The lowest BCUT2D eigenvalue weighted by Crippen LogP contribution is -2.42. The topological polar surface area (TPSA) is 51.0 Å². The van der Waals surface area contributed by atoms with E-state index in [0.717, 1.165) is 74.7 Å². The van der Waals surface area contributed by atoms with Crippen LogP contribution in [0.2, 0.25) is 0 Å². The van der Waals surface area contributed by atoms with Crippen LogP contribution < -0.4 is 0 Å². The summed E-state index contributed by atoms with van der Waals surface area (Å²) in [6.45, 7) is 4.04. The highest BCUT2D eigenvalue weighted by atomic mass is 16.2. The number of piperidine rings is 1. The molecule has 1 amide bonds. The molecular formula is C20H26N4O. The second-order valence-electron chi connectivity index (χ2n) is 7.45. The SMILES string of the molecule is CC1CCN(C(=O)[C@@H]2CCCCc3nnc(-c4ccccc4)n32)CC1. The van der Waals surface area contributed by atoms with Crippen molar-refractivity contribution in [3.05, 3.63) is 36.2 Å². The highest BCUT2D eigenvalue weighted by molar-refractivity contribution is 5.81. The summed E-state index contributed by atoms with van der Waals surface area (Å²) in [7, 11) is 0. The highest BCUT2D eigenvalue weighted by Gasteiger charge is 2.33. The Balaban J connectivity index is 1.68. The maximum atomic E-state index is 13.3. The first kappa shape index (κ1) is 16.3. The number of amides is 1. The molecule has 2 aliphatic rings. The van der Waals surface area contributed by atoms with Gasteiger partial charge in [0.2, 0.25) is 5.91 Å². The van der Waals surface area contributed by atoms with E-state index in [9.17, 15) is 4.79 Å². The third-order valence-electron chi connectivity index (χ3n) is 5.62. The van der Waals surface area contributed by atoms with E-state index in [4.69, 9.17) is 0 Å². The number of aryl methyl sites for hydroxylation is 1. The molecule has 2 aromatic rings. The number of fused-ring (bicyclic) bond motifs is 1. The molecular weight excluding hydrogens is 312 g/mol. The third-order valence-corrected chi connectivity index (χ3v) is 5.62. The molecule has 132 valence electrons. The van der Waals surface area contributed by atoms with Gasteiger partial charge in [0.15, 0.2) is 5.82 Å². The largest absolute Gasteiger partial charge is 0.341 e. The van der Waals surface area contributed by atoms with Gasteiger partial charge in [-0.2, -0.15) is 0 Å². The molecule has 0 saturated carbocycles. The Morgan fingerprint density at radius 2 is 1.80 bits per heavy atom. The van der Waals surface area contributed by atoms with Crippen LogP contribution in [-0.2, 0) is 11.2 Å². The Morgan fingerprint density at radius 3 is 2.56 bits per heavy atom. The Kier molecular flexibility index (Phi) is 4.55. The summed E-state index contributed by atoms with van der Waals surface area (Å²) in [5.74, 6) is 2.77. The van der Waals surface area contributed by atoms with Crippen molar-refractivity contribution in [2.45, 2.75) is 51.5 Å². The lowest BCUT2D eigenvalue weighted by molar-refractivity contribution is -0.136. The molecule has 0 bridgehead atoms. The first-order chi connectivity index (χ1) is 12.2.